The average Bonchev–Trinajstić information content (AvgIpc) is 2.49. The number of nitrogens with zero attached hydrogens (tertiary/aromatic N) is 1. The summed E-state index contributed by atoms with van der Waals surface area (Å²) in [7, 11) is 0. The summed E-state index contributed by atoms with van der Waals surface area (Å²) in [5, 5.41) is 13.3. The zero-order valence-corrected chi connectivity index (χ0v) is 11.5. The van der Waals surface area contributed by atoms with Gasteiger partial charge in [-0.15, -0.1) is 0 Å². The molecule has 0 aliphatic heterocycles. The zero-order chi connectivity index (χ0) is 14.8. The molecule has 3 rings (SSSR count). The summed E-state index contributed by atoms with van der Waals surface area (Å²) in [6, 6.07) is 14.9. The third-order valence-electron chi connectivity index (χ3n) is 3.35. The molecule has 4 heteroatoms. The van der Waals surface area contributed by atoms with Gasteiger partial charge in [-0.05, 0) is 36.8 Å². The van der Waals surface area contributed by atoms with Crippen LogP contribution in [0.5, 0.6) is 0 Å². The fraction of sp³-hybridized carbons (Fsp3) is 0.0588. The average molecular weight is 278 g/mol. The van der Waals surface area contributed by atoms with E-state index in [0.29, 0.717) is 0 Å². The Labute approximate surface area is 122 Å². The lowest BCUT2D eigenvalue weighted by Crippen LogP contribution is -2.00. The second kappa shape index (κ2) is 5.25. The van der Waals surface area contributed by atoms with Crippen LogP contribution in [0.25, 0.3) is 10.9 Å². The number of hydrogen-bond acceptors (Lipinski definition) is 3. The van der Waals surface area contributed by atoms with Crippen LogP contribution >= 0.6 is 0 Å². The van der Waals surface area contributed by atoms with Crippen LogP contribution in [0, 0.1) is 6.92 Å². The van der Waals surface area contributed by atoms with Crippen LogP contribution in [0.15, 0.2) is 54.7 Å². The lowest BCUT2D eigenvalue weighted by molar-refractivity contribution is 0.0697. The van der Waals surface area contributed by atoms with Crippen LogP contribution in [0.3, 0.4) is 0 Å². The lowest BCUT2D eigenvalue weighted by Gasteiger charge is -2.11. The normalized spacial score (nSPS) is 10.5. The minimum absolute atomic E-state index is 0.261. The number of benzene rings is 2. The molecule has 3 aromatic rings. The van der Waals surface area contributed by atoms with Gasteiger partial charge in [0.1, 0.15) is 0 Å². The minimum atomic E-state index is -0.935. The van der Waals surface area contributed by atoms with Crippen LogP contribution in [-0.2, 0) is 0 Å². The Morgan fingerprint density at radius 3 is 2.76 bits per heavy atom. The van der Waals surface area contributed by atoms with Crippen molar-refractivity contribution in [2.24, 2.45) is 0 Å². The van der Waals surface area contributed by atoms with Gasteiger partial charge in [-0.25, -0.2) is 4.79 Å². The van der Waals surface area contributed by atoms with Crippen molar-refractivity contribution < 1.29 is 9.90 Å². The summed E-state index contributed by atoms with van der Waals surface area (Å²) in [4.78, 5) is 15.4. The van der Waals surface area contributed by atoms with E-state index in [2.05, 4.69) is 10.3 Å². The third-order valence-corrected chi connectivity index (χ3v) is 3.35. The molecule has 4 nitrogen and oxygen atoms in total. The number of rotatable bonds is 3. The Balaban J connectivity index is 1.98. The Morgan fingerprint density at radius 2 is 1.95 bits per heavy atom. The van der Waals surface area contributed by atoms with Crippen molar-refractivity contribution in [1.82, 2.24) is 4.98 Å². The van der Waals surface area contributed by atoms with Gasteiger partial charge in [-0.3, -0.25) is 4.98 Å². The maximum atomic E-state index is 11.1. The topological polar surface area (TPSA) is 62.2 Å². The van der Waals surface area contributed by atoms with Crippen LogP contribution in [0.1, 0.15) is 15.9 Å². The third kappa shape index (κ3) is 2.69. The fourth-order valence-electron chi connectivity index (χ4n) is 2.18. The molecule has 0 saturated carbocycles. The largest absolute Gasteiger partial charge is 0.478 e. The van der Waals surface area contributed by atoms with Crippen molar-refractivity contribution in [2.75, 3.05) is 5.32 Å². The van der Waals surface area contributed by atoms with E-state index in [1.165, 1.54) is 0 Å². The van der Waals surface area contributed by atoms with Gasteiger partial charge in [-0.1, -0.05) is 24.3 Å². The molecular formula is C17H14N2O2. The number of aromatic nitrogens is 1. The van der Waals surface area contributed by atoms with E-state index < -0.39 is 5.97 Å². The summed E-state index contributed by atoms with van der Waals surface area (Å²) in [5.41, 5.74) is 3.77. The highest BCUT2D eigenvalue weighted by molar-refractivity contribution is 5.90. The molecule has 2 N–H and O–H groups in total. The maximum Gasteiger partial charge on any atom is 0.335 e. The first-order valence-electron chi connectivity index (χ1n) is 6.59. The predicted octanol–water partition coefficient (Wildman–Crippen LogP) is 3.99. The van der Waals surface area contributed by atoms with Crippen LogP contribution in [0.4, 0.5) is 11.4 Å². The number of hydrogen-bond donors (Lipinski definition) is 2. The maximum absolute atomic E-state index is 11.1. The van der Waals surface area contributed by atoms with E-state index in [-0.39, 0.29) is 5.56 Å². The van der Waals surface area contributed by atoms with Crippen molar-refractivity contribution in [1.29, 1.82) is 0 Å². The van der Waals surface area contributed by atoms with E-state index in [1.54, 1.807) is 24.4 Å². The van der Waals surface area contributed by atoms with Gasteiger partial charge in [0.2, 0.25) is 0 Å². The Kier molecular flexibility index (Phi) is 3.28. The molecule has 104 valence electrons. The molecule has 2 aromatic carbocycles. The predicted molar refractivity (Wildman–Crippen MR) is 83.2 cm³/mol. The zero-order valence-electron chi connectivity index (χ0n) is 11.5. The highest BCUT2D eigenvalue weighted by Gasteiger charge is 2.07. The molecule has 0 saturated heterocycles. The molecule has 1 heterocycles. The Hall–Kier alpha value is -2.88. The van der Waals surface area contributed by atoms with E-state index >= 15 is 0 Å². The van der Waals surface area contributed by atoms with Crippen molar-refractivity contribution in [2.45, 2.75) is 6.92 Å². The standard InChI is InChI=1S/C17H14N2O2/c1-11-6-7-13(17(20)21)9-16(11)19-14-8-12-4-2-3-5-15(12)18-10-14/h2-10,19H,1H3,(H,20,21). The van der Waals surface area contributed by atoms with E-state index in [0.717, 1.165) is 27.8 Å². The van der Waals surface area contributed by atoms with E-state index in [4.69, 9.17) is 5.11 Å². The molecule has 0 unspecified atom stereocenters. The van der Waals surface area contributed by atoms with Crippen LogP contribution < -0.4 is 5.32 Å². The molecule has 0 radical (unpaired) electrons. The van der Waals surface area contributed by atoms with Crippen molar-refractivity contribution in [3.05, 3.63) is 65.9 Å². The lowest BCUT2D eigenvalue weighted by atomic mass is 10.1. The molecule has 0 atom stereocenters. The molecule has 21 heavy (non-hydrogen) atoms. The fourth-order valence-corrected chi connectivity index (χ4v) is 2.18. The highest BCUT2D eigenvalue weighted by Crippen LogP contribution is 2.24. The summed E-state index contributed by atoms with van der Waals surface area (Å²) in [5.74, 6) is -0.935. The van der Waals surface area contributed by atoms with Crippen molar-refractivity contribution in [3.63, 3.8) is 0 Å². The van der Waals surface area contributed by atoms with Gasteiger partial charge in [0, 0.05) is 11.1 Å². The first-order chi connectivity index (χ1) is 10.1. The molecule has 1 aromatic heterocycles. The first kappa shape index (κ1) is 13.1. The number of aromatic carboxylic acids is 1. The van der Waals surface area contributed by atoms with Crippen LogP contribution in [-0.4, -0.2) is 16.1 Å². The molecule has 0 spiro atoms. The number of carbonyl (C=O) groups is 1. The number of anilines is 2. The molecule has 0 aliphatic rings. The smallest absolute Gasteiger partial charge is 0.335 e. The summed E-state index contributed by atoms with van der Waals surface area (Å²) < 4.78 is 0. The molecule has 0 aliphatic carbocycles. The highest BCUT2D eigenvalue weighted by atomic mass is 16.4. The number of nitrogens with one attached hydrogen (secondary N) is 1. The summed E-state index contributed by atoms with van der Waals surface area (Å²) in [6.07, 6.45) is 1.75. The number of pyridine rings is 1. The Morgan fingerprint density at radius 1 is 1.14 bits per heavy atom. The van der Waals surface area contributed by atoms with Gasteiger partial charge in [-0.2, -0.15) is 0 Å². The van der Waals surface area contributed by atoms with E-state index in [1.807, 2.05) is 37.3 Å². The molecule has 0 bridgehead atoms. The van der Waals surface area contributed by atoms with Crippen LogP contribution in [0.2, 0.25) is 0 Å². The summed E-state index contributed by atoms with van der Waals surface area (Å²) in [6.45, 7) is 1.93. The number of fused-ring (bicyclic) bond motifs is 1. The number of carboxylic acids is 1. The summed E-state index contributed by atoms with van der Waals surface area (Å²) >= 11 is 0. The van der Waals surface area contributed by atoms with Gasteiger partial charge < -0.3 is 10.4 Å². The van der Waals surface area contributed by atoms with Crippen molar-refractivity contribution in [3.8, 4) is 0 Å². The quantitative estimate of drug-likeness (QED) is 0.760. The first-order valence-corrected chi connectivity index (χ1v) is 6.59. The van der Waals surface area contributed by atoms with Crippen molar-refractivity contribution >= 4 is 28.2 Å². The number of aryl methyl sites for hydroxylation is 1. The SMILES string of the molecule is Cc1ccc(C(=O)O)cc1Nc1cnc2ccccc2c1. The van der Waals surface area contributed by atoms with Gasteiger partial charge in [0.15, 0.2) is 0 Å². The second-order valence-corrected chi connectivity index (χ2v) is 4.88. The number of carboxylic acid groups (broad SMARTS) is 1. The van der Waals surface area contributed by atoms with Gasteiger partial charge >= 0.3 is 5.97 Å². The van der Waals surface area contributed by atoms with Gasteiger partial charge in [0.05, 0.1) is 23.0 Å². The molecular weight excluding hydrogens is 264 g/mol. The Bertz CT molecular complexity index is 828. The van der Waals surface area contributed by atoms with E-state index in [9.17, 15) is 4.79 Å². The van der Waals surface area contributed by atoms with Gasteiger partial charge in [0.25, 0.3) is 0 Å². The number of para-hydroxylation sites is 1. The monoisotopic (exact) mass is 278 g/mol. The molecule has 0 amide bonds. The minimum Gasteiger partial charge on any atom is -0.478 e. The second-order valence-electron chi connectivity index (χ2n) is 4.88. The molecule has 0 fully saturated rings.